The minimum absolute atomic E-state index is 0.0330. The van der Waals surface area contributed by atoms with Gasteiger partial charge in [0.2, 0.25) is 0 Å². The van der Waals surface area contributed by atoms with Crippen LogP contribution in [0.25, 0.3) is 0 Å². The lowest BCUT2D eigenvalue weighted by atomic mass is 9.84. The van der Waals surface area contributed by atoms with Crippen LogP contribution in [0, 0.1) is 0 Å². The van der Waals surface area contributed by atoms with Crippen LogP contribution in [0.2, 0.25) is 0 Å². The van der Waals surface area contributed by atoms with Gasteiger partial charge in [0.15, 0.2) is 0 Å². The topological polar surface area (TPSA) is 56.7 Å². The summed E-state index contributed by atoms with van der Waals surface area (Å²) in [7, 11) is 1.98. The van der Waals surface area contributed by atoms with E-state index in [-0.39, 0.29) is 11.5 Å². The second-order valence-corrected chi connectivity index (χ2v) is 4.18. The van der Waals surface area contributed by atoms with Gasteiger partial charge in [-0.15, -0.1) is 10.2 Å². The SMILES string of the molecule is Cn1cnnc1C1(C)CCCC1N. The molecule has 0 saturated heterocycles. The van der Waals surface area contributed by atoms with Gasteiger partial charge in [-0.3, -0.25) is 0 Å². The average molecular weight is 180 g/mol. The van der Waals surface area contributed by atoms with Crippen LogP contribution < -0.4 is 5.73 Å². The van der Waals surface area contributed by atoms with E-state index < -0.39 is 0 Å². The Bertz CT molecular complexity index is 306. The van der Waals surface area contributed by atoms with Crippen molar-refractivity contribution in [2.24, 2.45) is 12.8 Å². The van der Waals surface area contributed by atoms with Gasteiger partial charge in [-0.2, -0.15) is 0 Å². The van der Waals surface area contributed by atoms with Crippen molar-refractivity contribution in [1.29, 1.82) is 0 Å². The summed E-state index contributed by atoms with van der Waals surface area (Å²) in [5.74, 6) is 1.03. The number of aromatic nitrogens is 3. The third-order valence-electron chi connectivity index (χ3n) is 3.25. The van der Waals surface area contributed by atoms with Gasteiger partial charge in [0.25, 0.3) is 0 Å². The third-order valence-corrected chi connectivity index (χ3v) is 3.25. The Balaban J connectivity index is 2.39. The van der Waals surface area contributed by atoms with E-state index in [4.69, 9.17) is 5.73 Å². The summed E-state index contributed by atoms with van der Waals surface area (Å²) in [6.45, 7) is 2.19. The van der Waals surface area contributed by atoms with Gasteiger partial charge in [0, 0.05) is 18.5 Å². The van der Waals surface area contributed by atoms with E-state index in [1.165, 1.54) is 6.42 Å². The fourth-order valence-corrected chi connectivity index (χ4v) is 2.27. The van der Waals surface area contributed by atoms with E-state index in [1.807, 2.05) is 11.6 Å². The maximum Gasteiger partial charge on any atom is 0.140 e. The van der Waals surface area contributed by atoms with Crippen LogP contribution in [0.3, 0.4) is 0 Å². The van der Waals surface area contributed by atoms with E-state index in [2.05, 4.69) is 17.1 Å². The predicted octanol–water partition coefficient (Wildman–Crippen LogP) is 0.584. The van der Waals surface area contributed by atoms with E-state index in [1.54, 1.807) is 6.33 Å². The molecule has 1 aromatic heterocycles. The summed E-state index contributed by atoms with van der Waals surface area (Å²) in [5.41, 5.74) is 6.13. The summed E-state index contributed by atoms with van der Waals surface area (Å²) in [6.07, 6.45) is 5.17. The van der Waals surface area contributed by atoms with Gasteiger partial charge >= 0.3 is 0 Å². The zero-order valence-electron chi connectivity index (χ0n) is 8.20. The zero-order valence-corrected chi connectivity index (χ0v) is 8.20. The van der Waals surface area contributed by atoms with Crippen molar-refractivity contribution in [1.82, 2.24) is 14.8 Å². The molecule has 2 N–H and O–H groups in total. The average Bonchev–Trinajstić information content (AvgIpc) is 2.62. The Labute approximate surface area is 78.1 Å². The van der Waals surface area contributed by atoms with Gasteiger partial charge in [0.1, 0.15) is 12.2 Å². The molecule has 0 spiro atoms. The van der Waals surface area contributed by atoms with E-state index in [9.17, 15) is 0 Å². The standard InChI is InChI=1S/C9H16N4/c1-9(5-3-4-7(9)10)8-12-11-6-13(8)2/h6-7H,3-5,10H2,1-2H3. The lowest BCUT2D eigenvalue weighted by Crippen LogP contribution is -2.40. The fourth-order valence-electron chi connectivity index (χ4n) is 2.27. The van der Waals surface area contributed by atoms with Crippen molar-refractivity contribution in [3.8, 4) is 0 Å². The van der Waals surface area contributed by atoms with Gasteiger partial charge in [-0.05, 0) is 12.8 Å². The summed E-state index contributed by atoms with van der Waals surface area (Å²) >= 11 is 0. The van der Waals surface area contributed by atoms with Gasteiger partial charge in [-0.1, -0.05) is 13.3 Å². The van der Waals surface area contributed by atoms with Crippen molar-refractivity contribution in [2.75, 3.05) is 0 Å². The Kier molecular flexibility index (Phi) is 1.87. The van der Waals surface area contributed by atoms with Crippen LogP contribution in [-0.2, 0) is 12.5 Å². The molecule has 72 valence electrons. The molecule has 0 radical (unpaired) electrons. The number of rotatable bonds is 1. The minimum atomic E-state index is 0.0330. The van der Waals surface area contributed by atoms with Crippen LogP contribution in [0.5, 0.6) is 0 Å². The first-order chi connectivity index (χ1) is 6.14. The van der Waals surface area contributed by atoms with Crippen LogP contribution in [-0.4, -0.2) is 20.8 Å². The molecule has 2 unspecified atom stereocenters. The molecule has 1 aromatic rings. The molecule has 2 atom stereocenters. The summed E-state index contributed by atoms with van der Waals surface area (Å²) in [4.78, 5) is 0. The molecule has 4 heteroatoms. The highest BCUT2D eigenvalue weighted by atomic mass is 15.3. The monoisotopic (exact) mass is 180 g/mol. The normalized spacial score (nSPS) is 33.9. The molecule has 4 nitrogen and oxygen atoms in total. The summed E-state index contributed by atoms with van der Waals surface area (Å²) < 4.78 is 1.98. The molecule has 1 saturated carbocycles. The van der Waals surface area contributed by atoms with Crippen molar-refractivity contribution in [2.45, 2.75) is 37.6 Å². The number of hydrogen-bond donors (Lipinski definition) is 1. The molecule has 0 aliphatic heterocycles. The van der Waals surface area contributed by atoms with Crippen LogP contribution >= 0.6 is 0 Å². The van der Waals surface area contributed by atoms with Crippen LogP contribution in [0.4, 0.5) is 0 Å². The third kappa shape index (κ3) is 1.16. The predicted molar refractivity (Wildman–Crippen MR) is 50.2 cm³/mol. The summed E-state index contributed by atoms with van der Waals surface area (Å²) in [6, 6.07) is 0.232. The lowest BCUT2D eigenvalue weighted by Gasteiger charge is -2.27. The van der Waals surface area contributed by atoms with Crippen LogP contribution in [0.15, 0.2) is 6.33 Å². The molecule has 1 fully saturated rings. The first-order valence-corrected chi connectivity index (χ1v) is 4.74. The number of nitrogens with two attached hydrogens (primary N) is 1. The van der Waals surface area contributed by atoms with Crippen molar-refractivity contribution < 1.29 is 0 Å². The zero-order chi connectivity index (χ0) is 9.47. The van der Waals surface area contributed by atoms with Gasteiger partial charge in [0.05, 0.1) is 0 Å². The second kappa shape index (κ2) is 2.80. The Hall–Kier alpha value is -0.900. The van der Waals surface area contributed by atoms with E-state index >= 15 is 0 Å². The molecule has 1 aliphatic carbocycles. The van der Waals surface area contributed by atoms with Crippen LogP contribution in [0.1, 0.15) is 32.0 Å². The minimum Gasteiger partial charge on any atom is -0.327 e. The Morgan fingerprint density at radius 2 is 2.46 bits per heavy atom. The number of hydrogen-bond acceptors (Lipinski definition) is 3. The van der Waals surface area contributed by atoms with Crippen molar-refractivity contribution >= 4 is 0 Å². The van der Waals surface area contributed by atoms with Gasteiger partial charge in [-0.25, -0.2) is 0 Å². The molecular formula is C9H16N4. The maximum atomic E-state index is 6.09. The molecule has 0 amide bonds. The van der Waals surface area contributed by atoms with Crippen molar-refractivity contribution in [3.63, 3.8) is 0 Å². The lowest BCUT2D eigenvalue weighted by molar-refractivity contribution is 0.392. The van der Waals surface area contributed by atoms with E-state index in [0.29, 0.717) is 0 Å². The van der Waals surface area contributed by atoms with Crippen molar-refractivity contribution in [3.05, 3.63) is 12.2 Å². The largest absolute Gasteiger partial charge is 0.327 e. The highest BCUT2D eigenvalue weighted by molar-refractivity contribution is 5.13. The first-order valence-electron chi connectivity index (χ1n) is 4.74. The van der Waals surface area contributed by atoms with E-state index in [0.717, 1.165) is 18.7 Å². The number of aryl methyl sites for hydroxylation is 1. The number of nitrogens with zero attached hydrogens (tertiary/aromatic N) is 3. The first kappa shape index (κ1) is 8.69. The smallest absolute Gasteiger partial charge is 0.140 e. The molecule has 2 rings (SSSR count). The Morgan fingerprint density at radius 3 is 2.92 bits per heavy atom. The molecule has 1 aliphatic rings. The molecule has 0 bridgehead atoms. The molecule has 13 heavy (non-hydrogen) atoms. The molecule has 0 aromatic carbocycles. The second-order valence-electron chi connectivity index (χ2n) is 4.18. The Morgan fingerprint density at radius 1 is 1.69 bits per heavy atom. The maximum absolute atomic E-state index is 6.09. The highest BCUT2D eigenvalue weighted by Crippen LogP contribution is 2.38. The quantitative estimate of drug-likeness (QED) is 0.688. The molecular weight excluding hydrogens is 164 g/mol. The molecule has 1 heterocycles. The summed E-state index contributed by atoms with van der Waals surface area (Å²) in [5, 5.41) is 8.06. The highest BCUT2D eigenvalue weighted by Gasteiger charge is 2.41. The van der Waals surface area contributed by atoms with Gasteiger partial charge < -0.3 is 10.3 Å². The fraction of sp³-hybridized carbons (Fsp3) is 0.778.